The smallest absolute Gasteiger partial charge is 0.410 e. The van der Waals surface area contributed by atoms with Gasteiger partial charge in [0.1, 0.15) is 68.3 Å². The van der Waals surface area contributed by atoms with Crippen molar-refractivity contribution in [3.8, 4) is 45.6 Å². The molecule has 12 aromatic rings. The van der Waals surface area contributed by atoms with Gasteiger partial charge in [-0.05, 0) is 216 Å². The normalized spacial score (nSPS) is 25.4. The molecule has 4 spiro atoms. The van der Waals surface area contributed by atoms with Crippen molar-refractivity contribution in [2.75, 3.05) is 27.2 Å². The van der Waals surface area contributed by atoms with Crippen molar-refractivity contribution in [2.24, 2.45) is 23.7 Å². The lowest BCUT2D eigenvalue weighted by Gasteiger charge is -2.40. The second-order valence-corrected chi connectivity index (χ2v) is 35.8. The topological polar surface area (TPSA) is 336 Å². The van der Waals surface area contributed by atoms with Gasteiger partial charge in [0.05, 0.1) is 96.5 Å². The number of ether oxygens (including phenoxy) is 4. The summed E-state index contributed by atoms with van der Waals surface area (Å²) in [6.45, 7) is 13.4. The average Bonchev–Trinajstić information content (AvgIpc) is 1.61. The van der Waals surface area contributed by atoms with Gasteiger partial charge in [-0.2, -0.15) is 0 Å². The molecule has 16 heterocycles. The Hall–Kier alpha value is -12.4. The van der Waals surface area contributed by atoms with Gasteiger partial charge in [-0.1, -0.05) is 27.7 Å². The van der Waals surface area contributed by atoms with Crippen molar-refractivity contribution < 1.29 is 73.2 Å². The molecule has 130 heavy (non-hydrogen) atoms. The molecular weight excluding hydrogens is 1690 g/mol. The zero-order valence-corrected chi connectivity index (χ0v) is 73.7. The van der Waals surface area contributed by atoms with Crippen LogP contribution in [0.1, 0.15) is 193 Å². The highest BCUT2D eigenvalue weighted by Gasteiger charge is 2.58. The van der Waals surface area contributed by atoms with E-state index in [2.05, 4.69) is 107 Å². The van der Waals surface area contributed by atoms with Gasteiger partial charge in [0.15, 0.2) is 46.6 Å². The molecule has 0 bridgehead atoms. The number of amides is 4. The van der Waals surface area contributed by atoms with Crippen molar-refractivity contribution in [2.45, 2.75) is 242 Å². The molecule has 684 valence electrons. The molecule has 36 heteroatoms. The van der Waals surface area contributed by atoms with Crippen LogP contribution in [-0.4, -0.2) is 197 Å². The number of carbonyl (C=O) groups is 4. The number of likely N-dealkylation sites (N-methyl/N-ethyl adjacent to an activating group) is 4. The molecule has 0 radical (unpaired) electrons. The number of nitrogens with zero attached hydrogens (tertiary/aromatic N) is 16. The van der Waals surface area contributed by atoms with Crippen LogP contribution >= 0.6 is 0 Å². The first-order valence-corrected chi connectivity index (χ1v) is 45.2. The highest BCUT2D eigenvalue weighted by atomic mass is 19.2. The molecule has 4 aliphatic carbocycles. The van der Waals surface area contributed by atoms with Crippen LogP contribution in [0.5, 0.6) is 0 Å². The summed E-state index contributed by atoms with van der Waals surface area (Å²) in [5.74, 6) is -1.87. The molecular formula is C94H104F8N20O8. The summed E-state index contributed by atoms with van der Waals surface area (Å²) in [7, 11) is 3.56. The summed E-state index contributed by atoms with van der Waals surface area (Å²) in [5, 5.41) is 2.19. The largest absolute Gasteiger partial charge is 0.441 e. The summed E-state index contributed by atoms with van der Waals surface area (Å²) in [6, 6.07) is 5.58. The molecule has 0 aromatic carbocycles. The van der Waals surface area contributed by atoms with E-state index in [-0.39, 0.29) is 72.2 Å². The quantitative estimate of drug-likeness (QED) is 0.0458. The Labute approximate surface area is 744 Å². The van der Waals surface area contributed by atoms with E-state index in [0.29, 0.717) is 177 Å². The number of rotatable bonds is 18. The molecule has 12 aromatic heterocycles. The Kier molecular flexibility index (Phi) is 25.4. The fraction of sp³-hybridized carbons (Fsp3) is 0.489. The third-order valence-corrected chi connectivity index (χ3v) is 28.1. The zero-order valence-electron chi connectivity index (χ0n) is 73.7. The number of hydrogen-bond acceptors (Lipinski definition) is 20. The van der Waals surface area contributed by atoms with Crippen molar-refractivity contribution >= 4 is 68.5 Å². The zero-order chi connectivity index (χ0) is 91.2. The summed E-state index contributed by atoms with van der Waals surface area (Å²) in [6.07, 6.45) is 33.1. The number of aromatic nitrogens is 16. The minimum absolute atomic E-state index is 0.0252. The van der Waals surface area contributed by atoms with Crippen molar-refractivity contribution in [3.05, 3.63) is 168 Å². The number of nitrogens with one attached hydrogen (secondary N) is 4. The Balaban J connectivity index is 0.000000121. The standard InChI is InChI=1S/2C24H27F2N5O2.2C23H25F2N5O2/c2*1-3-20-24(33-23(32)31(20)4-2)7-5-6-14(10-24)8-19-18(26)13-29-22(30-19)17-12-28-21-16(17)9-15(25)11-27-21;2*1-3-19-23(32-22(31)30(19)2)6-4-5-13(9-23)7-18-17(25)12-28-21(29-18)16-11-27-20-15(16)8-14(24)10-26-20/h2*9,11-14,20H,3-8,10H2,1-2H3,(H,27,28);2*8,10-13,19H,3-7,9H2,1-2H3,(H,26,27)/t14-,20+,24+;14-,20-,24+;13-,19+,23+;13-,19-,23+/m1111/s1. The monoisotopic (exact) mass is 1790 g/mol. The minimum Gasteiger partial charge on any atom is -0.441 e. The van der Waals surface area contributed by atoms with E-state index in [1.54, 1.807) is 48.7 Å². The van der Waals surface area contributed by atoms with Crippen molar-refractivity contribution in [3.63, 3.8) is 0 Å². The second-order valence-electron chi connectivity index (χ2n) is 35.8. The Morgan fingerprint density at radius 3 is 0.815 bits per heavy atom. The molecule has 4 saturated carbocycles. The summed E-state index contributed by atoms with van der Waals surface area (Å²) < 4.78 is 137. The van der Waals surface area contributed by atoms with Crippen LogP contribution in [0.3, 0.4) is 0 Å². The lowest BCUT2D eigenvalue weighted by molar-refractivity contribution is -0.0182. The van der Waals surface area contributed by atoms with E-state index in [1.165, 1.54) is 49.1 Å². The number of H-pyrrole nitrogens is 4. The Morgan fingerprint density at radius 2 is 0.577 bits per heavy atom. The van der Waals surface area contributed by atoms with Gasteiger partial charge in [0.25, 0.3) is 0 Å². The molecule has 12 atom stereocenters. The van der Waals surface area contributed by atoms with E-state index in [9.17, 15) is 54.3 Å². The van der Waals surface area contributed by atoms with Crippen LogP contribution < -0.4 is 0 Å². The van der Waals surface area contributed by atoms with Gasteiger partial charge in [0, 0.05) is 95.8 Å². The van der Waals surface area contributed by atoms with E-state index in [4.69, 9.17) is 18.9 Å². The maximum atomic E-state index is 14.7. The molecule has 8 aliphatic rings. The SMILES string of the molecule is CC[C@@H]1N(C)C(=O)O[C@]12CCC[C@H](Cc1nc(-c3c[nH]c4ncc(F)cc34)ncc1F)C2.CC[C@@H]1N(CC)C(=O)O[C@]12CCC[C@H](Cc1nc(-c3c[nH]c4ncc(F)cc34)ncc1F)C2.CC[C@H]1N(C)C(=O)O[C@]12CCC[C@H](Cc1nc(-c3c[nH]c4ncc(F)cc34)ncc1F)C2.CC[C@H]1N(CC)C(=O)O[C@]12CCC[C@H](Cc1nc(-c3c[nH]c4ncc(F)cc34)ncc1F)C2. The van der Waals surface area contributed by atoms with Crippen LogP contribution in [-0.2, 0) is 44.6 Å². The average molecular weight is 1790 g/mol. The highest BCUT2D eigenvalue weighted by molar-refractivity contribution is 5.94. The molecule has 20 rings (SSSR count). The third kappa shape index (κ3) is 17.4. The lowest BCUT2D eigenvalue weighted by atomic mass is 9.72. The third-order valence-electron chi connectivity index (χ3n) is 28.1. The maximum Gasteiger partial charge on any atom is 0.410 e. The first-order valence-electron chi connectivity index (χ1n) is 45.2. The predicted molar refractivity (Wildman–Crippen MR) is 464 cm³/mol. The van der Waals surface area contributed by atoms with E-state index in [1.807, 2.05) is 23.6 Å². The second kappa shape index (κ2) is 36.9. The number of pyridine rings is 4. The minimum atomic E-state index is -0.518. The fourth-order valence-corrected chi connectivity index (χ4v) is 22.4. The highest BCUT2D eigenvalue weighted by Crippen LogP contribution is 2.51. The van der Waals surface area contributed by atoms with Crippen molar-refractivity contribution in [1.82, 2.24) is 99.3 Å². The summed E-state index contributed by atoms with van der Waals surface area (Å²) >= 11 is 0. The molecule has 0 unspecified atom stereocenters. The van der Waals surface area contributed by atoms with Crippen molar-refractivity contribution in [1.29, 1.82) is 0 Å². The number of hydrogen-bond donors (Lipinski definition) is 4. The van der Waals surface area contributed by atoms with Gasteiger partial charge in [0.2, 0.25) is 0 Å². The van der Waals surface area contributed by atoms with E-state index >= 15 is 0 Å². The lowest BCUT2D eigenvalue weighted by Crippen LogP contribution is -2.48. The molecule has 8 fully saturated rings. The summed E-state index contributed by atoms with van der Waals surface area (Å²) in [4.78, 5) is 119. The predicted octanol–water partition coefficient (Wildman–Crippen LogP) is 19.3. The fourth-order valence-electron chi connectivity index (χ4n) is 22.4. The Bertz CT molecular complexity index is 5870. The van der Waals surface area contributed by atoms with E-state index < -0.39 is 68.9 Å². The van der Waals surface area contributed by atoms with Crippen LogP contribution in [0.15, 0.2) is 98.6 Å². The number of aromatic amines is 4. The van der Waals surface area contributed by atoms with Gasteiger partial charge in [-0.3, -0.25) is 0 Å². The number of halogens is 8. The molecule has 4 N–H and O–H groups in total. The maximum absolute atomic E-state index is 14.7. The molecule has 4 amide bonds. The molecule has 4 aliphatic heterocycles. The van der Waals surface area contributed by atoms with Gasteiger partial charge >= 0.3 is 24.4 Å². The first kappa shape index (κ1) is 89.6. The number of fused-ring (bicyclic) bond motifs is 4. The Morgan fingerprint density at radius 1 is 0.338 bits per heavy atom. The first-order chi connectivity index (χ1) is 62.7. The van der Waals surface area contributed by atoms with E-state index in [0.717, 1.165) is 128 Å². The van der Waals surface area contributed by atoms with Gasteiger partial charge in [-0.25, -0.2) is 114 Å². The van der Waals surface area contributed by atoms with Gasteiger partial charge in [-0.15, -0.1) is 0 Å². The van der Waals surface area contributed by atoms with Gasteiger partial charge < -0.3 is 58.5 Å². The molecule has 4 saturated heterocycles. The number of carbonyl (C=O) groups excluding carboxylic acids is 4. The molecule has 28 nitrogen and oxygen atoms in total. The van der Waals surface area contributed by atoms with Crippen LogP contribution in [0, 0.1) is 70.2 Å². The van der Waals surface area contributed by atoms with Crippen LogP contribution in [0.4, 0.5) is 54.3 Å². The summed E-state index contributed by atoms with van der Waals surface area (Å²) in [5.41, 5.74) is 3.59. The van der Waals surface area contributed by atoms with Crippen LogP contribution in [0.2, 0.25) is 0 Å². The van der Waals surface area contributed by atoms with Crippen LogP contribution in [0.25, 0.3) is 89.7 Å².